The highest BCUT2D eigenvalue weighted by atomic mass is 32.2. The lowest BCUT2D eigenvalue weighted by atomic mass is 9.95. The molecule has 116 valence electrons. The van der Waals surface area contributed by atoms with Crippen molar-refractivity contribution in [1.29, 1.82) is 0 Å². The molecule has 0 bridgehead atoms. The lowest BCUT2D eigenvalue weighted by molar-refractivity contribution is -0.120. The van der Waals surface area contributed by atoms with Gasteiger partial charge in [0.15, 0.2) is 0 Å². The van der Waals surface area contributed by atoms with E-state index < -0.39 is 15.8 Å². The highest BCUT2D eigenvalue weighted by Gasteiger charge is 2.18. The predicted molar refractivity (Wildman–Crippen MR) is 76.6 cm³/mol. The van der Waals surface area contributed by atoms with Crippen LogP contribution in [0, 0.1) is 5.82 Å². The fourth-order valence-corrected chi connectivity index (χ4v) is 3.37. The Labute approximate surface area is 124 Å². The molecule has 21 heavy (non-hydrogen) atoms. The van der Waals surface area contributed by atoms with Gasteiger partial charge in [-0.05, 0) is 37.1 Å². The summed E-state index contributed by atoms with van der Waals surface area (Å²) >= 11 is 0. The summed E-state index contributed by atoms with van der Waals surface area (Å²) in [5.74, 6) is -0.850. The Bertz CT molecular complexity index is 581. The molecule has 1 aliphatic rings. The average Bonchev–Trinajstić information content (AvgIpc) is 2.47. The van der Waals surface area contributed by atoms with Crippen LogP contribution >= 0.6 is 0 Å². The Hall–Kier alpha value is -1.47. The second-order valence-corrected chi connectivity index (χ2v) is 6.95. The molecule has 1 amide bonds. The Balaban J connectivity index is 1.86. The zero-order valence-electron chi connectivity index (χ0n) is 11.6. The number of hydrogen-bond acceptors (Lipinski definition) is 3. The van der Waals surface area contributed by atoms with Gasteiger partial charge in [0.2, 0.25) is 15.9 Å². The molecule has 0 aliphatic heterocycles. The van der Waals surface area contributed by atoms with Gasteiger partial charge in [-0.1, -0.05) is 19.3 Å². The quantitative estimate of drug-likeness (QED) is 0.866. The summed E-state index contributed by atoms with van der Waals surface area (Å²) < 4.78 is 38.8. The topological polar surface area (TPSA) is 75.3 Å². The van der Waals surface area contributed by atoms with E-state index >= 15 is 0 Å². The number of halogens is 1. The van der Waals surface area contributed by atoms with Crippen molar-refractivity contribution in [3.63, 3.8) is 0 Å². The van der Waals surface area contributed by atoms with Crippen molar-refractivity contribution in [2.24, 2.45) is 0 Å². The molecule has 1 aliphatic carbocycles. The van der Waals surface area contributed by atoms with E-state index in [1.165, 1.54) is 6.42 Å². The van der Waals surface area contributed by atoms with Gasteiger partial charge < -0.3 is 5.32 Å². The minimum absolute atomic E-state index is 0.0608. The van der Waals surface area contributed by atoms with Gasteiger partial charge in [0.05, 0.1) is 11.4 Å². The maximum Gasteiger partial charge on any atom is 0.241 e. The summed E-state index contributed by atoms with van der Waals surface area (Å²) in [5.41, 5.74) is 0. The van der Waals surface area contributed by atoms with E-state index in [0.29, 0.717) is 0 Å². The van der Waals surface area contributed by atoms with Crippen LogP contribution in [0.1, 0.15) is 32.1 Å². The Morgan fingerprint density at radius 2 is 1.76 bits per heavy atom. The van der Waals surface area contributed by atoms with Crippen molar-refractivity contribution >= 4 is 15.9 Å². The molecule has 2 N–H and O–H groups in total. The van der Waals surface area contributed by atoms with Crippen LogP contribution in [-0.2, 0) is 14.8 Å². The van der Waals surface area contributed by atoms with E-state index in [0.717, 1.165) is 49.9 Å². The minimum Gasteiger partial charge on any atom is -0.352 e. The molecular weight excluding hydrogens is 295 g/mol. The molecule has 5 nitrogen and oxygen atoms in total. The maximum absolute atomic E-state index is 12.8. The van der Waals surface area contributed by atoms with Crippen molar-refractivity contribution in [3.8, 4) is 0 Å². The van der Waals surface area contributed by atoms with Gasteiger partial charge in [0.1, 0.15) is 5.82 Å². The van der Waals surface area contributed by atoms with Gasteiger partial charge in [-0.3, -0.25) is 4.79 Å². The monoisotopic (exact) mass is 314 g/mol. The largest absolute Gasteiger partial charge is 0.352 e. The van der Waals surface area contributed by atoms with Crippen LogP contribution in [0.25, 0.3) is 0 Å². The summed E-state index contributed by atoms with van der Waals surface area (Å²) in [7, 11) is -3.79. The van der Waals surface area contributed by atoms with Crippen molar-refractivity contribution in [3.05, 3.63) is 30.1 Å². The standard InChI is InChI=1S/C14H19FN2O3S/c15-11-6-8-13(9-7-11)21(19,20)16-10-14(18)17-12-4-2-1-3-5-12/h6-9,12,16H,1-5,10H2,(H,17,18). The van der Waals surface area contributed by atoms with Crippen LogP contribution in [0.5, 0.6) is 0 Å². The average molecular weight is 314 g/mol. The molecule has 2 rings (SSSR count). The van der Waals surface area contributed by atoms with E-state index in [-0.39, 0.29) is 23.4 Å². The van der Waals surface area contributed by atoms with E-state index in [9.17, 15) is 17.6 Å². The van der Waals surface area contributed by atoms with Crippen molar-refractivity contribution in [1.82, 2.24) is 10.0 Å². The zero-order valence-corrected chi connectivity index (χ0v) is 12.5. The number of carbonyl (C=O) groups excluding carboxylic acids is 1. The Kier molecular flexibility index (Phi) is 5.30. The fourth-order valence-electron chi connectivity index (χ4n) is 2.38. The third kappa shape index (κ3) is 4.78. The number of amides is 1. The van der Waals surface area contributed by atoms with Crippen molar-refractivity contribution < 1.29 is 17.6 Å². The first-order valence-electron chi connectivity index (χ1n) is 7.02. The summed E-state index contributed by atoms with van der Waals surface area (Å²) in [6, 6.07) is 4.60. The third-order valence-electron chi connectivity index (χ3n) is 3.52. The first-order chi connectivity index (χ1) is 9.97. The van der Waals surface area contributed by atoms with Crippen LogP contribution in [0.4, 0.5) is 4.39 Å². The molecule has 1 saturated carbocycles. The van der Waals surface area contributed by atoms with Gasteiger partial charge in [0, 0.05) is 6.04 Å². The number of rotatable bonds is 5. The second kappa shape index (κ2) is 7.00. The van der Waals surface area contributed by atoms with Crippen LogP contribution in [-0.4, -0.2) is 26.9 Å². The second-order valence-electron chi connectivity index (χ2n) is 5.18. The van der Waals surface area contributed by atoms with Crippen molar-refractivity contribution in [2.75, 3.05) is 6.54 Å². The van der Waals surface area contributed by atoms with Gasteiger partial charge in [-0.15, -0.1) is 0 Å². The highest BCUT2D eigenvalue weighted by molar-refractivity contribution is 7.89. The van der Waals surface area contributed by atoms with Crippen LogP contribution in [0.3, 0.4) is 0 Å². The molecule has 0 atom stereocenters. The Morgan fingerprint density at radius 1 is 1.14 bits per heavy atom. The molecule has 0 radical (unpaired) electrons. The smallest absolute Gasteiger partial charge is 0.241 e. The maximum atomic E-state index is 12.8. The van der Waals surface area contributed by atoms with Crippen LogP contribution in [0.2, 0.25) is 0 Å². The first-order valence-corrected chi connectivity index (χ1v) is 8.50. The molecule has 0 aromatic heterocycles. The minimum atomic E-state index is -3.79. The number of carbonyl (C=O) groups is 1. The van der Waals surface area contributed by atoms with E-state index in [2.05, 4.69) is 10.0 Å². The van der Waals surface area contributed by atoms with Crippen LogP contribution in [0.15, 0.2) is 29.2 Å². The summed E-state index contributed by atoms with van der Waals surface area (Å²) in [6.07, 6.45) is 5.25. The molecular formula is C14H19FN2O3S. The van der Waals surface area contributed by atoms with Gasteiger partial charge in [0.25, 0.3) is 0 Å². The van der Waals surface area contributed by atoms with E-state index in [1.807, 2.05) is 0 Å². The summed E-state index contributed by atoms with van der Waals surface area (Å²) in [6.45, 7) is -0.309. The SMILES string of the molecule is O=C(CNS(=O)(=O)c1ccc(F)cc1)NC1CCCCC1. The third-order valence-corrected chi connectivity index (χ3v) is 4.93. The number of benzene rings is 1. The summed E-state index contributed by atoms with van der Waals surface area (Å²) in [5, 5.41) is 2.83. The number of nitrogens with one attached hydrogen (secondary N) is 2. The van der Waals surface area contributed by atoms with Gasteiger partial charge >= 0.3 is 0 Å². The first kappa shape index (κ1) is 15.9. The van der Waals surface area contributed by atoms with Crippen LogP contribution < -0.4 is 10.0 Å². The normalized spacial score (nSPS) is 16.6. The lowest BCUT2D eigenvalue weighted by Crippen LogP contribution is -2.42. The van der Waals surface area contributed by atoms with Gasteiger partial charge in [-0.2, -0.15) is 0 Å². The van der Waals surface area contributed by atoms with E-state index in [4.69, 9.17) is 0 Å². The van der Waals surface area contributed by atoms with Gasteiger partial charge in [-0.25, -0.2) is 17.5 Å². The lowest BCUT2D eigenvalue weighted by Gasteiger charge is -2.22. The zero-order chi connectivity index (χ0) is 15.3. The molecule has 7 heteroatoms. The number of sulfonamides is 1. The molecule has 0 unspecified atom stereocenters. The molecule has 0 heterocycles. The van der Waals surface area contributed by atoms with E-state index in [1.54, 1.807) is 0 Å². The molecule has 0 saturated heterocycles. The summed E-state index contributed by atoms with van der Waals surface area (Å²) in [4.78, 5) is 11.7. The molecule has 0 spiro atoms. The Morgan fingerprint density at radius 3 is 2.38 bits per heavy atom. The fraction of sp³-hybridized carbons (Fsp3) is 0.500. The molecule has 1 aromatic carbocycles. The predicted octanol–water partition coefficient (Wildman–Crippen LogP) is 1.55. The highest BCUT2D eigenvalue weighted by Crippen LogP contribution is 2.17. The van der Waals surface area contributed by atoms with Crippen molar-refractivity contribution in [2.45, 2.75) is 43.0 Å². The number of hydrogen-bond donors (Lipinski definition) is 2. The molecule has 1 aromatic rings. The molecule has 1 fully saturated rings.